The van der Waals surface area contributed by atoms with Gasteiger partial charge in [0.2, 0.25) is 0 Å². The first-order valence-corrected chi connectivity index (χ1v) is 7.85. The number of carbonyl (C=O) groups excluding carboxylic acids is 1. The van der Waals surface area contributed by atoms with Gasteiger partial charge in [0.1, 0.15) is 5.69 Å². The van der Waals surface area contributed by atoms with E-state index in [1.165, 1.54) is 0 Å². The zero-order chi connectivity index (χ0) is 15.5. The largest absolute Gasteiger partial charge is 0.383 e. The van der Waals surface area contributed by atoms with Gasteiger partial charge in [0.15, 0.2) is 0 Å². The summed E-state index contributed by atoms with van der Waals surface area (Å²) in [7, 11) is 1.72. The van der Waals surface area contributed by atoms with Gasteiger partial charge in [-0.3, -0.25) is 14.8 Å². The Bertz CT molecular complexity index is 519. The van der Waals surface area contributed by atoms with Gasteiger partial charge in [0.05, 0.1) is 25.4 Å². The Kier molecular flexibility index (Phi) is 4.75. The van der Waals surface area contributed by atoms with E-state index in [2.05, 4.69) is 15.1 Å². The van der Waals surface area contributed by atoms with Crippen LogP contribution in [0.4, 0.5) is 0 Å². The van der Waals surface area contributed by atoms with Gasteiger partial charge in [-0.1, -0.05) is 0 Å². The van der Waals surface area contributed by atoms with Crippen LogP contribution in [0.5, 0.6) is 0 Å². The minimum Gasteiger partial charge on any atom is -0.383 e. The van der Waals surface area contributed by atoms with Crippen LogP contribution in [-0.4, -0.2) is 84.6 Å². The lowest BCUT2D eigenvalue weighted by molar-refractivity contribution is -0.101. The number of piperidine rings is 1. The Morgan fingerprint density at radius 3 is 3.14 bits per heavy atom. The van der Waals surface area contributed by atoms with Crippen LogP contribution in [0.15, 0.2) is 6.07 Å². The Balaban J connectivity index is 1.67. The molecule has 2 aliphatic heterocycles. The van der Waals surface area contributed by atoms with Crippen molar-refractivity contribution < 1.29 is 14.3 Å². The highest BCUT2D eigenvalue weighted by Gasteiger charge is 2.38. The minimum absolute atomic E-state index is 0.0000602. The second-order valence-electron chi connectivity index (χ2n) is 5.98. The number of morpholine rings is 1. The molecule has 7 heteroatoms. The smallest absolute Gasteiger partial charge is 0.274 e. The summed E-state index contributed by atoms with van der Waals surface area (Å²) in [4.78, 5) is 16.8. The molecule has 1 aromatic heterocycles. The number of carbonyl (C=O) groups is 1. The van der Waals surface area contributed by atoms with Crippen molar-refractivity contribution >= 4 is 5.91 Å². The third-order valence-corrected chi connectivity index (χ3v) is 4.49. The van der Waals surface area contributed by atoms with Crippen LogP contribution < -0.4 is 0 Å². The Morgan fingerprint density at radius 1 is 1.55 bits per heavy atom. The first kappa shape index (κ1) is 15.5. The molecule has 0 spiro atoms. The first-order valence-electron chi connectivity index (χ1n) is 7.85. The van der Waals surface area contributed by atoms with E-state index in [0.717, 1.165) is 38.4 Å². The van der Waals surface area contributed by atoms with Crippen molar-refractivity contribution in [1.29, 1.82) is 0 Å². The van der Waals surface area contributed by atoms with Crippen molar-refractivity contribution in [3.8, 4) is 0 Å². The number of H-pyrrole nitrogens is 1. The fraction of sp³-hybridized carbons (Fsp3) is 0.733. The van der Waals surface area contributed by atoms with Gasteiger partial charge < -0.3 is 14.4 Å². The Labute approximate surface area is 130 Å². The number of nitrogens with zero attached hydrogens (tertiary/aromatic N) is 3. The number of nitrogens with one attached hydrogen (secondary N) is 1. The molecule has 3 rings (SSSR count). The highest BCUT2D eigenvalue weighted by molar-refractivity contribution is 5.92. The Hall–Kier alpha value is -1.44. The number of ether oxygens (including phenoxy) is 2. The molecule has 2 aliphatic rings. The molecule has 2 fully saturated rings. The number of hydrogen-bond donors (Lipinski definition) is 1. The normalized spacial score (nSPS) is 26.0. The zero-order valence-corrected chi connectivity index (χ0v) is 13.2. The summed E-state index contributed by atoms with van der Waals surface area (Å²) in [5.41, 5.74) is 1.40. The van der Waals surface area contributed by atoms with Crippen molar-refractivity contribution in [2.75, 3.05) is 46.5 Å². The highest BCUT2D eigenvalue weighted by atomic mass is 16.5. The standard InChI is InChI=1S/C15H24N4O3/c1-11-9-12(17-16-11)15(20)19-4-3-14-13(10-19)18(5-7-21-2)6-8-22-14/h9,13-14H,3-8,10H2,1-2H3,(H,16,17)/t13-,14-/m1/s1. The van der Waals surface area contributed by atoms with Crippen molar-refractivity contribution in [2.45, 2.75) is 25.5 Å². The SMILES string of the molecule is COCCN1CCO[C@@H]2CCN(C(=O)c3cc(C)[nH]n3)C[C@H]21. The van der Waals surface area contributed by atoms with Gasteiger partial charge in [-0.25, -0.2) is 0 Å². The van der Waals surface area contributed by atoms with Crippen LogP contribution in [0, 0.1) is 6.92 Å². The maximum Gasteiger partial charge on any atom is 0.274 e. The molecule has 2 saturated heterocycles. The molecule has 3 heterocycles. The number of methoxy groups -OCH3 is 1. The van der Waals surface area contributed by atoms with Crippen LogP contribution in [0.3, 0.4) is 0 Å². The molecule has 7 nitrogen and oxygen atoms in total. The molecule has 0 unspecified atom stereocenters. The van der Waals surface area contributed by atoms with Crippen LogP contribution in [-0.2, 0) is 9.47 Å². The third-order valence-electron chi connectivity index (χ3n) is 4.49. The topological polar surface area (TPSA) is 70.7 Å². The van der Waals surface area contributed by atoms with Crippen molar-refractivity contribution in [1.82, 2.24) is 20.0 Å². The second kappa shape index (κ2) is 6.76. The van der Waals surface area contributed by atoms with Gasteiger partial charge in [-0.05, 0) is 19.4 Å². The summed E-state index contributed by atoms with van der Waals surface area (Å²) in [5.74, 6) is 0.0000602. The van der Waals surface area contributed by atoms with Crippen LogP contribution in [0.25, 0.3) is 0 Å². The fourth-order valence-electron chi connectivity index (χ4n) is 3.30. The summed E-state index contributed by atoms with van der Waals surface area (Å²) in [6.07, 6.45) is 1.10. The number of aromatic amines is 1. The average Bonchev–Trinajstić information content (AvgIpc) is 2.98. The van der Waals surface area contributed by atoms with Crippen molar-refractivity contribution in [3.05, 3.63) is 17.5 Å². The third kappa shape index (κ3) is 3.16. The maximum atomic E-state index is 12.6. The maximum absolute atomic E-state index is 12.6. The highest BCUT2D eigenvalue weighted by Crippen LogP contribution is 2.24. The predicted octanol–water partition coefficient (Wildman–Crippen LogP) is 0.280. The quantitative estimate of drug-likeness (QED) is 0.865. The van der Waals surface area contributed by atoms with Gasteiger partial charge in [-0.15, -0.1) is 0 Å². The Morgan fingerprint density at radius 2 is 2.41 bits per heavy atom. The summed E-state index contributed by atoms with van der Waals surface area (Å²) < 4.78 is 11.1. The molecule has 1 N–H and O–H groups in total. The van der Waals surface area contributed by atoms with E-state index in [4.69, 9.17) is 9.47 Å². The number of fused-ring (bicyclic) bond motifs is 1. The van der Waals surface area contributed by atoms with Gasteiger partial charge >= 0.3 is 0 Å². The molecular formula is C15H24N4O3. The predicted molar refractivity (Wildman–Crippen MR) is 80.8 cm³/mol. The lowest BCUT2D eigenvalue weighted by Gasteiger charge is -2.46. The zero-order valence-electron chi connectivity index (χ0n) is 13.2. The number of amides is 1. The van der Waals surface area contributed by atoms with Gasteiger partial charge in [-0.2, -0.15) is 5.10 Å². The molecule has 1 aromatic rings. The molecule has 0 aromatic carbocycles. The second-order valence-corrected chi connectivity index (χ2v) is 5.98. The van der Waals surface area contributed by atoms with Crippen LogP contribution in [0.1, 0.15) is 22.6 Å². The van der Waals surface area contributed by atoms with E-state index in [1.807, 2.05) is 11.8 Å². The lowest BCUT2D eigenvalue weighted by atomic mass is 9.98. The molecule has 2 atom stereocenters. The molecule has 0 saturated carbocycles. The monoisotopic (exact) mass is 308 g/mol. The number of hydrogen-bond acceptors (Lipinski definition) is 5. The van der Waals surface area contributed by atoms with E-state index >= 15 is 0 Å². The number of likely N-dealkylation sites (tertiary alicyclic amines) is 1. The van der Waals surface area contributed by atoms with Gasteiger partial charge in [0, 0.05) is 39.0 Å². The van der Waals surface area contributed by atoms with Gasteiger partial charge in [0.25, 0.3) is 5.91 Å². The molecule has 0 aliphatic carbocycles. The molecule has 22 heavy (non-hydrogen) atoms. The summed E-state index contributed by atoms with van der Waals surface area (Å²) >= 11 is 0. The van der Waals surface area contributed by atoms with E-state index in [9.17, 15) is 4.79 Å². The molecule has 1 amide bonds. The van der Waals surface area contributed by atoms with Crippen LogP contribution >= 0.6 is 0 Å². The number of rotatable bonds is 4. The minimum atomic E-state index is 0.0000602. The molecular weight excluding hydrogens is 284 g/mol. The van der Waals surface area contributed by atoms with E-state index < -0.39 is 0 Å². The fourth-order valence-corrected chi connectivity index (χ4v) is 3.30. The first-order chi connectivity index (χ1) is 10.7. The average molecular weight is 308 g/mol. The molecule has 0 radical (unpaired) electrons. The summed E-state index contributed by atoms with van der Waals surface area (Å²) in [6, 6.07) is 2.05. The lowest BCUT2D eigenvalue weighted by Crippen LogP contribution is -2.61. The van der Waals surface area contributed by atoms with Crippen molar-refractivity contribution in [3.63, 3.8) is 0 Å². The summed E-state index contributed by atoms with van der Waals surface area (Å²) in [5, 5.41) is 6.91. The number of aromatic nitrogens is 2. The molecule has 122 valence electrons. The van der Waals surface area contributed by atoms with Crippen LogP contribution in [0.2, 0.25) is 0 Å². The van der Waals surface area contributed by atoms with E-state index in [-0.39, 0.29) is 18.1 Å². The molecule has 0 bridgehead atoms. The van der Waals surface area contributed by atoms with E-state index in [1.54, 1.807) is 13.2 Å². The van der Waals surface area contributed by atoms with Crippen molar-refractivity contribution in [2.24, 2.45) is 0 Å². The number of aryl methyl sites for hydroxylation is 1. The van der Waals surface area contributed by atoms with E-state index in [0.29, 0.717) is 18.8 Å². The summed E-state index contributed by atoms with van der Waals surface area (Å²) in [6.45, 7) is 6.56.